The molecule has 0 fully saturated rings. The van der Waals surface area contributed by atoms with Crippen molar-refractivity contribution in [3.05, 3.63) is 69.4 Å². The van der Waals surface area contributed by atoms with E-state index in [0.29, 0.717) is 5.69 Å². The first-order valence-electron chi connectivity index (χ1n) is 7.28. The lowest BCUT2D eigenvalue weighted by molar-refractivity contribution is 0.0940. The van der Waals surface area contributed by atoms with Crippen LogP contribution in [0.3, 0.4) is 0 Å². The monoisotopic (exact) mass is 317 g/mol. The summed E-state index contributed by atoms with van der Waals surface area (Å²) >= 11 is 0. The van der Waals surface area contributed by atoms with E-state index in [9.17, 15) is 14.0 Å². The Morgan fingerprint density at radius 2 is 2.04 bits per heavy atom. The summed E-state index contributed by atoms with van der Waals surface area (Å²) in [6.07, 6.45) is 0. The van der Waals surface area contributed by atoms with Gasteiger partial charge in [0.1, 0.15) is 11.4 Å². The Morgan fingerprint density at radius 3 is 2.65 bits per heavy atom. The summed E-state index contributed by atoms with van der Waals surface area (Å²) in [6, 6.07) is 9.23. The quantitative estimate of drug-likeness (QED) is 0.884. The van der Waals surface area contributed by atoms with Crippen LogP contribution in [0.15, 0.2) is 41.2 Å². The van der Waals surface area contributed by atoms with Gasteiger partial charge in [-0.15, -0.1) is 0 Å². The second-order valence-electron chi connectivity index (χ2n) is 5.63. The summed E-state index contributed by atoms with van der Waals surface area (Å²) in [7, 11) is 3.70. The zero-order chi connectivity index (χ0) is 17.0. The van der Waals surface area contributed by atoms with Crippen molar-refractivity contribution in [1.29, 1.82) is 0 Å². The standard InChI is InChI=1S/C17H20FN3O2/c1-11-7-8-14(17(23)20-11)16(22)19-10-15(21(2)3)12-5-4-6-13(18)9-12/h4-9,15H,10H2,1-3H3,(H,19,22)(H,20,23)/t15-/m0/s1. The molecule has 0 aliphatic heterocycles. The van der Waals surface area contributed by atoms with Gasteiger partial charge in [-0.3, -0.25) is 9.59 Å². The van der Waals surface area contributed by atoms with Crippen molar-refractivity contribution in [3.63, 3.8) is 0 Å². The van der Waals surface area contributed by atoms with Gasteiger partial charge in [-0.2, -0.15) is 0 Å². The van der Waals surface area contributed by atoms with E-state index in [-0.39, 0.29) is 24.0 Å². The topological polar surface area (TPSA) is 65.2 Å². The van der Waals surface area contributed by atoms with Crippen molar-refractivity contribution < 1.29 is 9.18 Å². The van der Waals surface area contributed by atoms with E-state index in [1.165, 1.54) is 18.2 Å². The van der Waals surface area contributed by atoms with Gasteiger partial charge in [0.25, 0.3) is 11.5 Å². The summed E-state index contributed by atoms with van der Waals surface area (Å²) in [5.41, 5.74) is 1.09. The molecule has 2 aromatic rings. The van der Waals surface area contributed by atoms with Gasteiger partial charge in [0.2, 0.25) is 0 Å². The van der Waals surface area contributed by atoms with Crippen molar-refractivity contribution in [1.82, 2.24) is 15.2 Å². The third kappa shape index (κ3) is 4.26. The van der Waals surface area contributed by atoms with Crippen molar-refractivity contribution in [3.8, 4) is 0 Å². The van der Waals surface area contributed by atoms with Crippen LogP contribution < -0.4 is 10.9 Å². The molecule has 1 aromatic heterocycles. The Morgan fingerprint density at radius 1 is 1.30 bits per heavy atom. The summed E-state index contributed by atoms with van der Waals surface area (Å²) in [6.45, 7) is 2.01. The third-order valence-corrected chi connectivity index (χ3v) is 3.61. The molecule has 0 saturated carbocycles. The van der Waals surface area contributed by atoms with E-state index in [1.54, 1.807) is 25.1 Å². The molecular formula is C17H20FN3O2. The van der Waals surface area contributed by atoms with E-state index in [1.807, 2.05) is 19.0 Å². The number of aryl methyl sites for hydroxylation is 1. The number of aromatic amines is 1. The average Bonchev–Trinajstić information content (AvgIpc) is 2.47. The first kappa shape index (κ1) is 16.9. The van der Waals surface area contributed by atoms with Crippen LogP contribution in [0.25, 0.3) is 0 Å². The highest BCUT2D eigenvalue weighted by atomic mass is 19.1. The lowest BCUT2D eigenvalue weighted by atomic mass is 10.1. The van der Waals surface area contributed by atoms with Crippen molar-refractivity contribution in [2.24, 2.45) is 0 Å². The van der Waals surface area contributed by atoms with Gasteiger partial charge in [0.15, 0.2) is 0 Å². The molecule has 2 N–H and O–H groups in total. The van der Waals surface area contributed by atoms with Crippen LogP contribution in [0.2, 0.25) is 0 Å². The van der Waals surface area contributed by atoms with Gasteiger partial charge in [-0.05, 0) is 50.8 Å². The molecule has 23 heavy (non-hydrogen) atoms. The van der Waals surface area contributed by atoms with Crippen LogP contribution in [0, 0.1) is 12.7 Å². The predicted octanol–water partition coefficient (Wildman–Crippen LogP) is 1.86. The highest BCUT2D eigenvalue weighted by Crippen LogP contribution is 2.18. The zero-order valence-corrected chi connectivity index (χ0v) is 13.4. The maximum absolute atomic E-state index is 13.4. The van der Waals surface area contributed by atoms with Crippen LogP contribution in [0.5, 0.6) is 0 Å². The number of H-pyrrole nitrogens is 1. The minimum absolute atomic E-state index is 0.0624. The van der Waals surface area contributed by atoms with Crippen molar-refractivity contribution >= 4 is 5.91 Å². The molecule has 0 spiro atoms. The minimum atomic E-state index is -0.450. The van der Waals surface area contributed by atoms with Crippen LogP contribution in [-0.2, 0) is 0 Å². The number of carbonyl (C=O) groups excluding carboxylic acids is 1. The first-order valence-corrected chi connectivity index (χ1v) is 7.28. The largest absolute Gasteiger partial charge is 0.350 e. The zero-order valence-electron chi connectivity index (χ0n) is 13.4. The number of amides is 1. The van der Waals surface area contributed by atoms with E-state index in [4.69, 9.17) is 0 Å². The van der Waals surface area contributed by atoms with E-state index in [0.717, 1.165) is 5.56 Å². The predicted molar refractivity (Wildman–Crippen MR) is 87.0 cm³/mol. The lowest BCUT2D eigenvalue weighted by Gasteiger charge is -2.25. The fraction of sp³-hybridized carbons (Fsp3) is 0.294. The average molecular weight is 317 g/mol. The highest BCUT2D eigenvalue weighted by Gasteiger charge is 2.17. The van der Waals surface area contributed by atoms with E-state index < -0.39 is 11.5 Å². The lowest BCUT2D eigenvalue weighted by Crippen LogP contribution is -2.36. The molecule has 0 aliphatic rings. The summed E-state index contributed by atoms with van der Waals surface area (Å²) in [4.78, 5) is 28.5. The van der Waals surface area contributed by atoms with Gasteiger partial charge >= 0.3 is 0 Å². The van der Waals surface area contributed by atoms with Crippen LogP contribution in [0.1, 0.15) is 27.7 Å². The molecule has 1 atom stereocenters. The number of halogens is 1. The number of benzene rings is 1. The molecule has 1 aromatic carbocycles. The Labute approximate surface area is 134 Å². The van der Waals surface area contributed by atoms with Gasteiger partial charge in [-0.1, -0.05) is 12.1 Å². The second-order valence-corrected chi connectivity index (χ2v) is 5.63. The molecule has 2 rings (SSSR count). The number of carbonyl (C=O) groups is 1. The summed E-state index contributed by atoms with van der Waals surface area (Å²) in [5, 5.41) is 2.74. The molecule has 6 heteroatoms. The van der Waals surface area contributed by atoms with Gasteiger partial charge < -0.3 is 15.2 Å². The molecule has 0 saturated heterocycles. The van der Waals surface area contributed by atoms with E-state index >= 15 is 0 Å². The fourth-order valence-corrected chi connectivity index (χ4v) is 2.35. The number of nitrogens with zero attached hydrogens (tertiary/aromatic N) is 1. The summed E-state index contributed by atoms with van der Waals surface area (Å²) < 4.78 is 13.4. The van der Waals surface area contributed by atoms with Gasteiger partial charge in [-0.25, -0.2) is 4.39 Å². The SMILES string of the molecule is Cc1ccc(C(=O)NC[C@@H](c2cccc(F)c2)N(C)C)c(=O)[nH]1. The Hall–Kier alpha value is -2.47. The molecule has 0 unspecified atom stereocenters. The third-order valence-electron chi connectivity index (χ3n) is 3.61. The highest BCUT2D eigenvalue weighted by molar-refractivity contribution is 5.93. The molecule has 122 valence electrons. The van der Waals surface area contributed by atoms with E-state index in [2.05, 4.69) is 10.3 Å². The maximum Gasteiger partial charge on any atom is 0.260 e. The Balaban J connectivity index is 2.13. The minimum Gasteiger partial charge on any atom is -0.350 e. The maximum atomic E-state index is 13.4. The molecule has 0 aliphatic carbocycles. The second kappa shape index (κ2) is 7.19. The van der Waals surface area contributed by atoms with Gasteiger partial charge in [0, 0.05) is 12.2 Å². The molecule has 1 heterocycles. The van der Waals surface area contributed by atoms with Crippen LogP contribution >= 0.6 is 0 Å². The Bertz CT molecular complexity index is 755. The fourth-order valence-electron chi connectivity index (χ4n) is 2.35. The van der Waals surface area contributed by atoms with Gasteiger partial charge in [0.05, 0.1) is 6.04 Å². The first-order chi connectivity index (χ1) is 10.9. The molecule has 1 amide bonds. The number of rotatable bonds is 5. The number of nitrogens with one attached hydrogen (secondary N) is 2. The number of hydrogen-bond acceptors (Lipinski definition) is 3. The normalized spacial score (nSPS) is 12.2. The molecular weight excluding hydrogens is 297 g/mol. The van der Waals surface area contributed by atoms with Crippen molar-refractivity contribution in [2.75, 3.05) is 20.6 Å². The summed E-state index contributed by atoms with van der Waals surface area (Å²) in [5.74, 6) is -0.773. The number of pyridine rings is 1. The van der Waals surface area contributed by atoms with Crippen LogP contribution in [0.4, 0.5) is 4.39 Å². The molecule has 5 nitrogen and oxygen atoms in total. The Kier molecular flexibility index (Phi) is 5.28. The molecule has 0 radical (unpaired) electrons. The number of aromatic nitrogens is 1. The molecule has 0 bridgehead atoms. The smallest absolute Gasteiger partial charge is 0.260 e. The number of hydrogen-bond donors (Lipinski definition) is 2. The van der Waals surface area contributed by atoms with Crippen LogP contribution in [-0.4, -0.2) is 36.4 Å². The van der Waals surface area contributed by atoms with Crippen molar-refractivity contribution in [2.45, 2.75) is 13.0 Å². The number of likely N-dealkylation sites (N-methyl/N-ethyl adjacent to an activating group) is 1.